The Balaban J connectivity index is 1.72. The van der Waals surface area contributed by atoms with Crippen LogP contribution in [0.15, 0.2) is 115 Å². The molecule has 1 amide bonds. The number of anilines is 1. The molecular formula is C30H26N2O2. The number of hydrogen-bond acceptors (Lipinski definition) is 2. The van der Waals surface area contributed by atoms with Crippen molar-refractivity contribution in [2.45, 2.75) is 13.0 Å². The van der Waals surface area contributed by atoms with Gasteiger partial charge < -0.3 is 9.72 Å². The lowest BCUT2D eigenvalue weighted by molar-refractivity contribution is 0.0980. The van der Waals surface area contributed by atoms with E-state index in [1.54, 1.807) is 0 Å². The summed E-state index contributed by atoms with van der Waals surface area (Å²) in [5.41, 5.74) is 4.55. The van der Waals surface area contributed by atoms with Crippen LogP contribution in [0.1, 0.15) is 34.5 Å². The van der Waals surface area contributed by atoms with Crippen molar-refractivity contribution in [3.05, 3.63) is 132 Å². The van der Waals surface area contributed by atoms with Gasteiger partial charge in [-0.2, -0.15) is 0 Å². The fourth-order valence-electron chi connectivity index (χ4n) is 4.40. The van der Waals surface area contributed by atoms with E-state index in [4.69, 9.17) is 4.74 Å². The van der Waals surface area contributed by atoms with Crippen molar-refractivity contribution in [2.24, 2.45) is 0 Å². The number of ether oxygens (including phenoxy) is 1. The Hall–Kier alpha value is -4.31. The van der Waals surface area contributed by atoms with Crippen molar-refractivity contribution in [1.29, 1.82) is 0 Å². The molecule has 4 heteroatoms. The normalized spacial score (nSPS) is 11.8. The van der Waals surface area contributed by atoms with Gasteiger partial charge in [-0.3, -0.25) is 9.69 Å². The number of nitrogens with zero attached hydrogens (tertiary/aromatic N) is 1. The molecule has 0 saturated carbocycles. The third kappa shape index (κ3) is 4.18. The SMILES string of the molecule is CCOc1ccc(N(C(=O)c2ccccc2)C(c2ccccc2)c2c[nH]c3ccccc23)cc1. The minimum atomic E-state index is -0.331. The Morgan fingerprint density at radius 1 is 0.824 bits per heavy atom. The lowest BCUT2D eigenvalue weighted by atomic mass is 9.95. The Labute approximate surface area is 199 Å². The van der Waals surface area contributed by atoms with E-state index in [9.17, 15) is 4.79 Å². The summed E-state index contributed by atoms with van der Waals surface area (Å²) >= 11 is 0. The van der Waals surface area contributed by atoms with Gasteiger partial charge in [-0.15, -0.1) is 0 Å². The molecule has 0 fully saturated rings. The van der Waals surface area contributed by atoms with Crippen LogP contribution in [0.3, 0.4) is 0 Å². The second kappa shape index (κ2) is 9.67. The van der Waals surface area contributed by atoms with Crippen LogP contribution >= 0.6 is 0 Å². The summed E-state index contributed by atoms with van der Waals surface area (Å²) in [7, 11) is 0. The predicted octanol–water partition coefficient (Wildman–Crippen LogP) is 7.00. The minimum Gasteiger partial charge on any atom is -0.494 e. The lowest BCUT2D eigenvalue weighted by Gasteiger charge is -2.33. The van der Waals surface area contributed by atoms with Crippen molar-refractivity contribution < 1.29 is 9.53 Å². The van der Waals surface area contributed by atoms with Crippen LogP contribution in [-0.2, 0) is 0 Å². The topological polar surface area (TPSA) is 45.3 Å². The van der Waals surface area contributed by atoms with Crippen molar-refractivity contribution in [2.75, 3.05) is 11.5 Å². The molecule has 0 saturated heterocycles. The molecule has 1 N–H and O–H groups in total. The van der Waals surface area contributed by atoms with Gasteiger partial charge in [-0.05, 0) is 55.0 Å². The average Bonchev–Trinajstić information content (AvgIpc) is 3.32. The lowest BCUT2D eigenvalue weighted by Crippen LogP contribution is -2.35. The molecule has 1 unspecified atom stereocenters. The number of para-hydroxylation sites is 1. The number of fused-ring (bicyclic) bond motifs is 1. The van der Waals surface area contributed by atoms with Crippen LogP contribution in [0.25, 0.3) is 10.9 Å². The number of hydrogen-bond donors (Lipinski definition) is 1. The summed E-state index contributed by atoms with van der Waals surface area (Å²) in [5, 5.41) is 1.09. The van der Waals surface area contributed by atoms with Crippen LogP contribution in [0.2, 0.25) is 0 Å². The number of nitrogens with one attached hydrogen (secondary N) is 1. The third-order valence-corrected chi connectivity index (χ3v) is 5.95. The van der Waals surface area contributed by atoms with Crippen LogP contribution in [-0.4, -0.2) is 17.5 Å². The van der Waals surface area contributed by atoms with E-state index in [2.05, 4.69) is 29.2 Å². The van der Waals surface area contributed by atoms with Crippen molar-refractivity contribution in [1.82, 2.24) is 4.98 Å². The molecule has 0 aliphatic rings. The van der Waals surface area contributed by atoms with E-state index in [0.717, 1.165) is 33.5 Å². The zero-order chi connectivity index (χ0) is 23.3. The number of carbonyl (C=O) groups is 1. The first-order valence-corrected chi connectivity index (χ1v) is 11.5. The Kier molecular flexibility index (Phi) is 6.13. The molecule has 1 aromatic heterocycles. The summed E-state index contributed by atoms with van der Waals surface area (Å²) in [5.74, 6) is 0.714. The molecule has 34 heavy (non-hydrogen) atoms. The molecule has 5 aromatic rings. The van der Waals surface area contributed by atoms with E-state index >= 15 is 0 Å². The van der Waals surface area contributed by atoms with Gasteiger partial charge in [0.05, 0.1) is 12.6 Å². The molecule has 4 nitrogen and oxygen atoms in total. The van der Waals surface area contributed by atoms with Crippen molar-refractivity contribution >= 4 is 22.5 Å². The van der Waals surface area contributed by atoms with Crippen LogP contribution in [0.5, 0.6) is 5.75 Å². The van der Waals surface area contributed by atoms with Gasteiger partial charge in [0, 0.05) is 33.9 Å². The van der Waals surface area contributed by atoms with Gasteiger partial charge in [-0.1, -0.05) is 66.7 Å². The number of carbonyl (C=O) groups excluding carboxylic acids is 1. The van der Waals surface area contributed by atoms with Gasteiger partial charge in [-0.25, -0.2) is 0 Å². The second-order valence-corrected chi connectivity index (χ2v) is 8.07. The Bertz CT molecular complexity index is 1380. The minimum absolute atomic E-state index is 0.0658. The highest BCUT2D eigenvalue weighted by molar-refractivity contribution is 6.07. The van der Waals surface area contributed by atoms with Crippen LogP contribution in [0, 0.1) is 0 Å². The first-order valence-electron chi connectivity index (χ1n) is 11.5. The second-order valence-electron chi connectivity index (χ2n) is 8.07. The van der Waals surface area contributed by atoms with E-state index in [1.807, 2.05) is 103 Å². The zero-order valence-electron chi connectivity index (χ0n) is 19.0. The van der Waals surface area contributed by atoms with Gasteiger partial charge in [0.2, 0.25) is 0 Å². The maximum atomic E-state index is 14.1. The number of aromatic amines is 1. The summed E-state index contributed by atoms with van der Waals surface area (Å²) in [4.78, 5) is 19.4. The number of benzene rings is 4. The molecule has 168 valence electrons. The zero-order valence-corrected chi connectivity index (χ0v) is 19.0. The first-order chi connectivity index (χ1) is 16.8. The molecule has 0 bridgehead atoms. The molecule has 0 aliphatic heterocycles. The van der Waals surface area contributed by atoms with Crippen molar-refractivity contribution in [3.63, 3.8) is 0 Å². The molecule has 5 rings (SSSR count). The third-order valence-electron chi connectivity index (χ3n) is 5.95. The maximum absolute atomic E-state index is 14.1. The summed E-state index contributed by atoms with van der Waals surface area (Å²) < 4.78 is 5.65. The van der Waals surface area contributed by atoms with E-state index in [0.29, 0.717) is 12.2 Å². The average molecular weight is 447 g/mol. The number of aromatic nitrogens is 1. The molecule has 0 radical (unpaired) electrons. The highest BCUT2D eigenvalue weighted by atomic mass is 16.5. The fourth-order valence-corrected chi connectivity index (χ4v) is 4.40. The van der Waals surface area contributed by atoms with E-state index < -0.39 is 0 Å². The standard InChI is InChI=1S/C30H26N2O2/c1-2-34-25-19-17-24(18-20-25)32(30(33)23-13-7-4-8-14-23)29(22-11-5-3-6-12-22)27-21-31-28-16-10-9-15-26(27)28/h3-21,29,31H,2H2,1H3. The summed E-state index contributed by atoms with van der Waals surface area (Å²) in [6.45, 7) is 2.55. The predicted molar refractivity (Wildman–Crippen MR) is 137 cm³/mol. The summed E-state index contributed by atoms with van der Waals surface area (Å²) in [6.07, 6.45) is 2.02. The maximum Gasteiger partial charge on any atom is 0.259 e. The van der Waals surface area contributed by atoms with Gasteiger partial charge in [0.15, 0.2) is 0 Å². The highest BCUT2D eigenvalue weighted by Crippen LogP contribution is 2.38. The molecular weight excluding hydrogens is 420 g/mol. The van der Waals surface area contributed by atoms with Crippen molar-refractivity contribution in [3.8, 4) is 5.75 Å². The molecule has 0 aliphatic carbocycles. The van der Waals surface area contributed by atoms with Crippen LogP contribution < -0.4 is 9.64 Å². The Morgan fingerprint density at radius 2 is 1.47 bits per heavy atom. The summed E-state index contributed by atoms with van der Waals surface area (Å²) in [6, 6.07) is 35.2. The van der Waals surface area contributed by atoms with Crippen LogP contribution in [0.4, 0.5) is 5.69 Å². The van der Waals surface area contributed by atoms with E-state index in [1.165, 1.54) is 0 Å². The molecule has 4 aromatic carbocycles. The number of amides is 1. The Morgan fingerprint density at radius 3 is 2.18 bits per heavy atom. The largest absolute Gasteiger partial charge is 0.494 e. The first kappa shape index (κ1) is 21.5. The van der Waals surface area contributed by atoms with Gasteiger partial charge >= 0.3 is 0 Å². The quantitative estimate of drug-likeness (QED) is 0.292. The van der Waals surface area contributed by atoms with Gasteiger partial charge in [0.1, 0.15) is 5.75 Å². The highest BCUT2D eigenvalue weighted by Gasteiger charge is 2.31. The molecule has 1 atom stereocenters. The van der Waals surface area contributed by atoms with E-state index in [-0.39, 0.29) is 11.9 Å². The molecule has 1 heterocycles. The smallest absolute Gasteiger partial charge is 0.259 e. The number of H-pyrrole nitrogens is 1. The number of rotatable bonds is 7. The molecule has 0 spiro atoms. The monoisotopic (exact) mass is 446 g/mol. The van der Waals surface area contributed by atoms with Gasteiger partial charge in [0.25, 0.3) is 5.91 Å². The fraction of sp³-hybridized carbons (Fsp3) is 0.100.